The quantitative estimate of drug-likeness (QED) is 0.368. The molecule has 0 aromatic carbocycles. The third kappa shape index (κ3) is 1.52. The Hall–Kier alpha value is 0.600. The minimum absolute atomic E-state index is 0.338. The van der Waals surface area contributed by atoms with Crippen LogP contribution in [0.5, 0.6) is 0 Å². The van der Waals surface area contributed by atoms with Crippen molar-refractivity contribution >= 4 is 23.5 Å². The fourth-order valence-electron chi connectivity index (χ4n) is 0.584. The summed E-state index contributed by atoms with van der Waals surface area (Å²) in [5.74, 6) is 0. The molecule has 7 heavy (non-hydrogen) atoms. The van der Waals surface area contributed by atoms with Gasteiger partial charge in [0.25, 0.3) is 0 Å². The molecule has 1 nitrogen and oxygen atoms in total. The second-order valence-electron chi connectivity index (χ2n) is 1.66. The summed E-state index contributed by atoms with van der Waals surface area (Å²) < 4.78 is 2.50. The molecule has 1 unspecified atom stereocenters. The van der Waals surface area contributed by atoms with Gasteiger partial charge in [0.1, 0.15) is 0 Å². The van der Waals surface area contributed by atoms with Crippen molar-refractivity contribution in [3.8, 4) is 0 Å². The Bertz CT molecular complexity index is 60.7. The van der Waals surface area contributed by atoms with Crippen LogP contribution in [0, 0.1) is 0 Å². The minimum atomic E-state index is 0.338. The number of hydrogen-bond donors (Lipinski definition) is 0. The highest BCUT2D eigenvalue weighted by molar-refractivity contribution is 7.99. The molecule has 0 amide bonds. The summed E-state index contributed by atoms with van der Waals surface area (Å²) in [5.41, 5.74) is 0. The third-order valence-corrected chi connectivity index (χ3v) is 2.43. The highest BCUT2D eigenvalue weighted by Gasteiger charge is 2.16. The van der Waals surface area contributed by atoms with E-state index in [1.54, 1.807) is 11.9 Å². The van der Waals surface area contributed by atoms with Crippen molar-refractivity contribution in [3.63, 3.8) is 0 Å². The predicted octanol–water partition coefficient (Wildman–Crippen LogP) is 1.54. The zero-order chi connectivity index (χ0) is 5.28. The number of rotatable bonds is 0. The third-order valence-electron chi connectivity index (χ3n) is 0.965. The largest absolute Gasteiger partial charge is 0.252 e. The second kappa shape index (κ2) is 2.25. The zero-order valence-electron chi connectivity index (χ0n) is 4.22. The maximum atomic E-state index is 5.73. The van der Waals surface area contributed by atoms with E-state index < -0.39 is 0 Å². The summed E-state index contributed by atoms with van der Waals surface area (Å²) in [7, 11) is 2.06. The maximum Gasteiger partial charge on any atom is 0.0947 e. The topological polar surface area (TPSA) is 3.24 Å². The molecule has 0 saturated carbocycles. The lowest BCUT2D eigenvalue weighted by Crippen LogP contribution is -2.00. The van der Waals surface area contributed by atoms with Crippen LogP contribution in [0.2, 0.25) is 0 Å². The number of hydrogen-bond acceptors (Lipinski definition) is 2. The number of halogens is 1. The molecule has 1 aliphatic heterocycles. The van der Waals surface area contributed by atoms with E-state index >= 15 is 0 Å². The highest BCUT2D eigenvalue weighted by atomic mass is 35.5. The number of nitrogens with zero attached hydrogens (tertiary/aromatic N) is 1. The molecule has 1 rings (SSSR count). The highest BCUT2D eigenvalue weighted by Crippen LogP contribution is 2.28. The van der Waals surface area contributed by atoms with Gasteiger partial charge in [0.05, 0.1) is 4.71 Å². The first-order chi connectivity index (χ1) is 3.29. The first-order valence-electron chi connectivity index (χ1n) is 2.31. The Balaban J connectivity index is 2.26. The molecule has 42 valence electrons. The maximum absolute atomic E-state index is 5.73. The fourth-order valence-corrected chi connectivity index (χ4v) is 1.90. The molecule has 0 spiro atoms. The Morgan fingerprint density at radius 3 is 2.71 bits per heavy atom. The van der Waals surface area contributed by atoms with Crippen LogP contribution in [-0.2, 0) is 0 Å². The van der Waals surface area contributed by atoms with Gasteiger partial charge in [-0.25, -0.2) is 0 Å². The molecule has 3 heteroatoms. The van der Waals surface area contributed by atoms with Crippen LogP contribution in [0.4, 0.5) is 0 Å². The van der Waals surface area contributed by atoms with E-state index in [1.165, 1.54) is 0 Å². The summed E-state index contributed by atoms with van der Waals surface area (Å²) in [6, 6.07) is 0. The van der Waals surface area contributed by atoms with Gasteiger partial charge in [-0.1, -0.05) is 11.9 Å². The molecule has 0 aromatic heterocycles. The smallest absolute Gasteiger partial charge is 0.0947 e. The van der Waals surface area contributed by atoms with Gasteiger partial charge in [-0.3, -0.25) is 4.31 Å². The van der Waals surface area contributed by atoms with Gasteiger partial charge in [0.15, 0.2) is 0 Å². The summed E-state index contributed by atoms with van der Waals surface area (Å²) in [5, 5.41) is 0. The van der Waals surface area contributed by atoms with Gasteiger partial charge in [0.2, 0.25) is 0 Å². The van der Waals surface area contributed by atoms with Crippen LogP contribution in [0.15, 0.2) is 0 Å². The Labute approximate surface area is 53.1 Å². The first kappa shape index (κ1) is 5.73. The normalized spacial score (nSPS) is 34.3. The average Bonchev–Trinajstić information content (AvgIpc) is 1.87. The molecule has 1 saturated heterocycles. The van der Waals surface area contributed by atoms with E-state index in [2.05, 4.69) is 11.4 Å². The summed E-state index contributed by atoms with van der Waals surface area (Å²) in [4.78, 5) is 0. The Morgan fingerprint density at radius 2 is 2.57 bits per heavy atom. The summed E-state index contributed by atoms with van der Waals surface area (Å²) in [6.45, 7) is 1.14. The molecule has 0 bridgehead atoms. The van der Waals surface area contributed by atoms with Gasteiger partial charge in [-0.2, -0.15) is 0 Å². The zero-order valence-corrected chi connectivity index (χ0v) is 5.80. The summed E-state index contributed by atoms with van der Waals surface area (Å²) in [6.07, 6.45) is 1.13. The molecule has 0 aromatic rings. The predicted molar refractivity (Wildman–Crippen MR) is 34.5 cm³/mol. The van der Waals surface area contributed by atoms with Crippen molar-refractivity contribution < 1.29 is 0 Å². The van der Waals surface area contributed by atoms with E-state index in [0.29, 0.717) is 4.71 Å². The van der Waals surface area contributed by atoms with Gasteiger partial charge < -0.3 is 0 Å². The van der Waals surface area contributed by atoms with Crippen LogP contribution in [0.1, 0.15) is 6.42 Å². The minimum Gasteiger partial charge on any atom is -0.252 e. The molecule has 1 heterocycles. The molecular weight excluding hydrogens is 130 g/mol. The second-order valence-corrected chi connectivity index (χ2v) is 3.84. The average molecular weight is 138 g/mol. The van der Waals surface area contributed by atoms with Crippen LogP contribution < -0.4 is 0 Å². The fraction of sp³-hybridized carbons (Fsp3) is 1.00. The van der Waals surface area contributed by atoms with Crippen LogP contribution >= 0.6 is 23.5 Å². The van der Waals surface area contributed by atoms with E-state index in [9.17, 15) is 0 Å². The van der Waals surface area contributed by atoms with E-state index in [4.69, 9.17) is 11.6 Å². The van der Waals surface area contributed by atoms with E-state index in [0.717, 1.165) is 13.0 Å². The Morgan fingerprint density at radius 1 is 1.86 bits per heavy atom. The monoisotopic (exact) mass is 137 g/mol. The van der Waals surface area contributed by atoms with Gasteiger partial charge in [-0.15, -0.1) is 11.6 Å². The van der Waals surface area contributed by atoms with Crippen molar-refractivity contribution in [3.05, 3.63) is 0 Å². The lowest BCUT2D eigenvalue weighted by Gasteiger charge is -2.01. The van der Waals surface area contributed by atoms with Crippen molar-refractivity contribution in [1.29, 1.82) is 0 Å². The van der Waals surface area contributed by atoms with Crippen molar-refractivity contribution in [2.75, 3.05) is 13.6 Å². The van der Waals surface area contributed by atoms with Gasteiger partial charge >= 0.3 is 0 Å². The molecule has 1 fully saturated rings. The van der Waals surface area contributed by atoms with E-state index in [-0.39, 0.29) is 0 Å². The van der Waals surface area contributed by atoms with Gasteiger partial charge in [0, 0.05) is 6.54 Å². The molecule has 0 radical (unpaired) electrons. The first-order valence-corrected chi connectivity index (χ1v) is 3.58. The standard InChI is InChI=1S/C4H8ClNS/c1-6-3-2-4(5)7-6/h4H,2-3H2,1H3. The Kier molecular flexibility index (Phi) is 1.84. The SMILES string of the molecule is CN1CCC(Cl)S1. The molecule has 1 atom stereocenters. The van der Waals surface area contributed by atoms with Crippen LogP contribution in [0.25, 0.3) is 0 Å². The lowest BCUT2D eigenvalue weighted by atomic mass is 10.5. The molecule has 0 N–H and O–H groups in total. The van der Waals surface area contributed by atoms with Crippen molar-refractivity contribution in [2.24, 2.45) is 0 Å². The van der Waals surface area contributed by atoms with Crippen molar-refractivity contribution in [2.45, 2.75) is 11.1 Å². The summed E-state index contributed by atoms with van der Waals surface area (Å²) >= 11 is 7.45. The van der Waals surface area contributed by atoms with Gasteiger partial charge in [-0.05, 0) is 13.5 Å². The van der Waals surface area contributed by atoms with Crippen LogP contribution in [-0.4, -0.2) is 22.6 Å². The van der Waals surface area contributed by atoms with Crippen LogP contribution in [0.3, 0.4) is 0 Å². The molecule has 1 aliphatic rings. The molecular formula is C4H8ClNS. The number of alkyl halides is 1. The lowest BCUT2D eigenvalue weighted by molar-refractivity contribution is 0.594. The molecule has 0 aliphatic carbocycles. The van der Waals surface area contributed by atoms with Crippen molar-refractivity contribution in [1.82, 2.24) is 4.31 Å². The van der Waals surface area contributed by atoms with E-state index in [1.807, 2.05) is 0 Å².